The third-order valence-electron chi connectivity index (χ3n) is 16.8. The van der Waals surface area contributed by atoms with Crippen LogP contribution in [-0.4, -0.2) is 130 Å². The highest BCUT2D eigenvalue weighted by atomic mass is 16.5. The second-order valence-corrected chi connectivity index (χ2v) is 24.7. The maximum atomic E-state index is 11.9. The lowest BCUT2D eigenvalue weighted by atomic mass is 10.1. The molecule has 0 fully saturated rings. The zero-order valence-electron chi connectivity index (χ0n) is 55.5. The number of nitrogens with two attached hydrogens (primary N) is 9. The zero-order chi connectivity index (χ0) is 70.5. The molecule has 4 amide bonds. The molecule has 1 aliphatic rings. The SMILES string of the molecule is CC(C)Nc1nc2c(cc1C(N)=O)c1ccccc1n2C[C@H](C)N.CN(C)C(=N)Cn1c2ccccc2c2cc(C(N)=O)c(N)nc21.NC(=O)c1cc2c3ccccc3n(CC3=NCCN3)c2nc1N.NC(=O)c1cc2c3ccccc3n(C[C@@H](N)COCc3ccccc3)c2nc1N. The first-order chi connectivity index (χ1) is 47.5. The maximum absolute atomic E-state index is 11.9. The van der Waals surface area contributed by atoms with Gasteiger partial charge in [0, 0.05) is 94.9 Å². The van der Waals surface area contributed by atoms with E-state index in [1.165, 1.54) is 0 Å². The molecule has 0 saturated heterocycles. The van der Waals surface area contributed by atoms with Crippen molar-refractivity contribution in [2.45, 2.75) is 71.7 Å². The molecule has 21 N–H and O–H groups in total. The lowest BCUT2D eigenvalue weighted by Gasteiger charge is -2.15. The molecule has 8 aromatic heterocycles. The normalized spacial score (nSPS) is 12.6. The van der Waals surface area contributed by atoms with Gasteiger partial charge in [0.1, 0.15) is 57.5 Å². The largest absolute Gasteiger partial charge is 0.383 e. The van der Waals surface area contributed by atoms with Crippen molar-refractivity contribution < 1.29 is 23.9 Å². The molecule has 13 aromatic rings. The van der Waals surface area contributed by atoms with E-state index in [9.17, 15) is 19.2 Å². The molecular formula is C72H80N22O5. The maximum Gasteiger partial charge on any atom is 0.252 e. The van der Waals surface area contributed by atoms with Crippen molar-refractivity contribution in [3.63, 3.8) is 0 Å². The Labute approximate surface area is 568 Å². The first kappa shape index (κ1) is 68.2. The van der Waals surface area contributed by atoms with E-state index in [0.29, 0.717) is 67.9 Å². The van der Waals surface area contributed by atoms with Crippen LogP contribution in [0.4, 0.5) is 23.3 Å². The van der Waals surface area contributed by atoms with Crippen LogP contribution in [-0.2, 0) is 37.5 Å². The number of hydrogen-bond acceptors (Lipinski definition) is 18. The highest BCUT2D eigenvalue weighted by Gasteiger charge is 2.24. The van der Waals surface area contributed by atoms with Crippen LogP contribution in [0.5, 0.6) is 0 Å². The third kappa shape index (κ3) is 14.4. The number of primary amides is 4. The fourth-order valence-electron chi connectivity index (χ4n) is 12.2. The van der Waals surface area contributed by atoms with E-state index in [0.717, 1.165) is 101 Å². The van der Waals surface area contributed by atoms with Gasteiger partial charge in [0.2, 0.25) is 0 Å². The Morgan fingerprint density at radius 2 is 0.929 bits per heavy atom. The molecule has 508 valence electrons. The summed E-state index contributed by atoms with van der Waals surface area (Å²) in [5, 5.41) is 21.9. The lowest BCUT2D eigenvalue weighted by molar-refractivity contribution is 0.0992. The van der Waals surface area contributed by atoms with Crippen molar-refractivity contribution >= 4 is 146 Å². The van der Waals surface area contributed by atoms with Crippen molar-refractivity contribution in [3.05, 3.63) is 179 Å². The fourth-order valence-corrected chi connectivity index (χ4v) is 12.2. The number of anilines is 4. The molecule has 9 heterocycles. The number of para-hydroxylation sites is 4. The number of ether oxygens (including phenoxy) is 1. The minimum atomic E-state index is -0.602. The number of nitrogen functional groups attached to an aromatic ring is 3. The van der Waals surface area contributed by atoms with E-state index >= 15 is 0 Å². The number of carbonyl (C=O) groups is 4. The van der Waals surface area contributed by atoms with E-state index < -0.39 is 23.6 Å². The average Bonchev–Trinajstić information content (AvgIpc) is 1.63. The van der Waals surface area contributed by atoms with Gasteiger partial charge in [-0.15, -0.1) is 0 Å². The van der Waals surface area contributed by atoms with Gasteiger partial charge in [0.15, 0.2) is 0 Å². The Morgan fingerprint density at radius 1 is 0.535 bits per heavy atom. The van der Waals surface area contributed by atoms with E-state index in [1.54, 1.807) is 23.1 Å². The first-order valence-corrected chi connectivity index (χ1v) is 32.0. The van der Waals surface area contributed by atoms with Gasteiger partial charge < -0.3 is 90.1 Å². The number of amides is 4. The van der Waals surface area contributed by atoms with Crippen LogP contribution >= 0.6 is 0 Å². The van der Waals surface area contributed by atoms with Gasteiger partial charge in [-0.25, -0.2) is 19.9 Å². The van der Waals surface area contributed by atoms with Crippen molar-refractivity contribution in [2.75, 3.05) is 56.3 Å². The van der Waals surface area contributed by atoms with Crippen LogP contribution < -0.4 is 62.2 Å². The van der Waals surface area contributed by atoms with Gasteiger partial charge in [-0.05, 0) is 74.9 Å². The molecular weight excluding hydrogens is 1250 g/mol. The number of carbonyl (C=O) groups excluding carboxylic acids is 4. The third-order valence-corrected chi connectivity index (χ3v) is 16.8. The molecule has 27 heteroatoms. The quantitative estimate of drug-likeness (QED) is 0.0299. The summed E-state index contributed by atoms with van der Waals surface area (Å²) in [6.45, 7) is 10.6. The highest BCUT2D eigenvalue weighted by molar-refractivity contribution is 6.15. The number of hydrogen-bond donors (Lipinski definition) is 12. The number of amidine groups is 2. The monoisotopic (exact) mass is 1330 g/mol. The van der Waals surface area contributed by atoms with Gasteiger partial charge >= 0.3 is 0 Å². The molecule has 5 aromatic carbocycles. The number of nitrogens with zero attached hydrogens (tertiary/aromatic N) is 10. The zero-order valence-corrected chi connectivity index (χ0v) is 55.5. The molecule has 27 nitrogen and oxygen atoms in total. The fraction of sp³-hybridized carbons (Fsp3) is 0.222. The van der Waals surface area contributed by atoms with Crippen LogP contribution in [0.15, 0.2) is 157 Å². The molecule has 1 aliphatic heterocycles. The molecule has 0 saturated carbocycles. The number of pyridine rings is 4. The molecule has 0 aliphatic carbocycles. The topological polar surface area (TPSA) is 446 Å². The summed E-state index contributed by atoms with van der Waals surface area (Å²) in [5.74, 6) is -0.0249. The van der Waals surface area contributed by atoms with Crippen LogP contribution in [0.25, 0.3) is 87.7 Å². The predicted octanol–water partition coefficient (Wildman–Crippen LogP) is 7.15. The lowest BCUT2D eigenvalue weighted by Crippen LogP contribution is -2.31. The van der Waals surface area contributed by atoms with E-state index in [2.05, 4.69) is 39.7 Å². The molecule has 2 atom stereocenters. The summed E-state index contributed by atoms with van der Waals surface area (Å²) in [5.41, 5.74) is 60.9. The minimum Gasteiger partial charge on any atom is -0.383 e. The summed E-state index contributed by atoms with van der Waals surface area (Å²) in [4.78, 5) is 70.8. The van der Waals surface area contributed by atoms with Gasteiger partial charge in [0.05, 0.1) is 77.2 Å². The van der Waals surface area contributed by atoms with Crippen molar-refractivity contribution in [2.24, 2.45) is 39.4 Å². The Bertz CT molecular complexity index is 5300. The van der Waals surface area contributed by atoms with E-state index in [4.69, 9.17) is 66.7 Å². The number of aliphatic imine (C=N–C) groups is 1. The Hall–Kier alpha value is -12.2. The summed E-state index contributed by atoms with van der Waals surface area (Å²) < 4.78 is 13.9. The van der Waals surface area contributed by atoms with Crippen LogP contribution in [0.2, 0.25) is 0 Å². The summed E-state index contributed by atoms with van der Waals surface area (Å²) >= 11 is 0. The van der Waals surface area contributed by atoms with Crippen molar-refractivity contribution in [1.29, 1.82) is 5.41 Å². The number of rotatable bonds is 18. The molecule has 0 spiro atoms. The Kier molecular flexibility index (Phi) is 20.0. The predicted molar refractivity (Wildman–Crippen MR) is 394 cm³/mol. The molecule has 0 unspecified atom stereocenters. The number of benzene rings is 5. The molecule has 0 radical (unpaired) electrons. The Morgan fingerprint density at radius 3 is 1.35 bits per heavy atom. The second kappa shape index (κ2) is 29.0. The number of fused-ring (bicyclic) bond motifs is 12. The van der Waals surface area contributed by atoms with Crippen LogP contribution in [0.3, 0.4) is 0 Å². The van der Waals surface area contributed by atoms with Crippen LogP contribution in [0, 0.1) is 5.41 Å². The van der Waals surface area contributed by atoms with Gasteiger partial charge in [-0.2, -0.15) is 0 Å². The smallest absolute Gasteiger partial charge is 0.252 e. The molecule has 14 rings (SSSR count). The summed E-state index contributed by atoms with van der Waals surface area (Å²) in [6, 6.07) is 48.4. The minimum absolute atomic E-state index is 0.0110. The molecule has 99 heavy (non-hydrogen) atoms. The average molecular weight is 1330 g/mol. The highest BCUT2D eigenvalue weighted by Crippen LogP contribution is 2.35. The summed E-state index contributed by atoms with van der Waals surface area (Å²) in [6.07, 6.45) is 0. The first-order valence-electron chi connectivity index (χ1n) is 32.0. The number of nitrogens with one attached hydrogen (secondary N) is 3. The standard InChI is InChI=1S/C22H23N5O2.C18H23N5O.C16H16N6O.C16H18N6O/c23-15(13-29-12-14-6-2-1-3-7-14)11-27-19-9-5-4-8-16(19)17-10-18(21(25)28)20(24)26-22(17)27;1-10(2)21-17-14(16(20)24)8-13-12-6-4-5-7-15(12)23(9-11(3)19)18(13)22-17;17-14-11(15(18)23)7-10-9-3-1-2-4-12(9)22(16(10)21-14)8-13-19-5-6-20-13;1-21(2)13(17)8-22-12-6-4-3-5-9(12)10-7-11(15(19)23)14(18)20-16(10)22/h1-10,15H,11-13,23H2,(H2,24,26)(H2,25,28);4-8,10-11H,9,19H2,1-3H3,(H2,20,24)(H,21,22);1-4,7H,5-6,8H2,(H2,17,21)(H2,18,23)(H,19,20);3-7,17H,8H2,1-2H3,(H2,18,20)(H2,19,23)/t15-;11-;;/m10../s1. The van der Waals surface area contributed by atoms with Gasteiger partial charge in [-0.3, -0.25) is 29.6 Å². The van der Waals surface area contributed by atoms with E-state index in [1.807, 2.05) is 177 Å². The number of likely N-dealkylation sites (N-methyl/N-ethyl adjacent to an activating group) is 1. The van der Waals surface area contributed by atoms with Crippen LogP contribution in [0.1, 0.15) is 67.8 Å². The number of aromatic nitrogens is 8. The van der Waals surface area contributed by atoms with Crippen molar-refractivity contribution in [1.82, 2.24) is 48.4 Å². The summed E-state index contributed by atoms with van der Waals surface area (Å²) in [7, 11) is 3.65. The van der Waals surface area contributed by atoms with Gasteiger partial charge in [0.25, 0.3) is 23.6 Å². The molecule has 0 bridgehead atoms. The van der Waals surface area contributed by atoms with Crippen molar-refractivity contribution in [3.8, 4) is 0 Å². The van der Waals surface area contributed by atoms with E-state index in [-0.39, 0.29) is 52.3 Å². The Balaban J connectivity index is 0.000000134. The van der Waals surface area contributed by atoms with Gasteiger partial charge in [-0.1, -0.05) is 103 Å². The second-order valence-electron chi connectivity index (χ2n) is 24.7.